The summed E-state index contributed by atoms with van der Waals surface area (Å²) in [5.41, 5.74) is 0.177. The fourth-order valence-corrected chi connectivity index (χ4v) is 0.843. The summed E-state index contributed by atoms with van der Waals surface area (Å²) in [6.07, 6.45) is 2.06. The van der Waals surface area contributed by atoms with Gasteiger partial charge in [0, 0.05) is 5.41 Å². The van der Waals surface area contributed by atoms with E-state index in [9.17, 15) is 0 Å². The maximum absolute atomic E-state index is 3.79. The Hall–Kier alpha value is -0.440. The largest absolute Gasteiger partial charge is 0.106 e. The van der Waals surface area contributed by atoms with Gasteiger partial charge in [0.1, 0.15) is 0 Å². The van der Waals surface area contributed by atoms with Crippen LogP contribution in [-0.2, 0) is 0 Å². The summed E-state index contributed by atoms with van der Waals surface area (Å²) in [6, 6.07) is 0. The zero-order valence-electron chi connectivity index (χ0n) is 6.62. The van der Waals surface area contributed by atoms with Gasteiger partial charge in [-0.25, -0.2) is 0 Å². The van der Waals surface area contributed by atoms with Crippen molar-refractivity contribution in [2.75, 3.05) is 0 Å². The van der Waals surface area contributed by atoms with Crippen LogP contribution >= 0.6 is 0 Å². The van der Waals surface area contributed by atoms with Crippen molar-refractivity contribution >= 4 is 0 Å². The summed E-state index contributed by atoms with van der Waals surface area (Å²) >= 11 is 0. The van der Waals surface area contributed by atoms with Gasteiger partial charge in [0.05, 0.1) is 0 Å². The molecule has 0 rings (SSSR count). The lowest BCUT2D eigenvalue weighted by molar-refractivity contribution is 0.462. The Morgan fingerprint density at radius 1 is 1.44 bits per heavy atom. The molecule has 1 radical (unpaired) electrons. The molecule has 0 amide bonds. The monoisotopic (exact) mass is 123 g/mol. The molecule has 0 unspecified atom stereocenters. The molecule has 0 aliphatic carbocycles. The number of hydrogen-bond donors (Lipinski definition) is 0. The van der Waals surface area contributed by atoms with E-state index in [1.165, 1.54) is 0 Å². The molecule has 0 atom stereocenters. The van der Waals surface area contributed by atoms with Gasteiger partial charge in [-0.15, -0.1) is 5.92 Å². The highest BCUT2D eigenvalue weighted by Gasteiger charge is 2.10. The summed E-state index contributed by atoms with van der Waals surface area (Å²) in [7, 11) is 0. The van der Waals surface area contributed by atoms with Gasteiger partial charge in [-0.3, -0.25) is 0 Å². The Labute approximate surface area is 58.7 Å². The zero-order chi connectivity index (χ0) is 7.33. The van der Waals surface area contributed by atoms with E-state index in [1.807, 2.05) is 6.92 Å². The van der Waals surface area contributed by atoms with E-state index < -0.39 is 0 Å². The first-order valence-corrected chi connectivity index (χ1v) is 3.35. The summed E-state index contributed by atoms with van der Waals surface area (Å²) < 4.78 is 0. The van der Waals surface area contributed by atoms with Crippen LogP contribution in [0.25, 0.3) is 0 Å². The molecule has 0 fully saturated rings. The van der Waals surface area contributed by atoms with Crippen molar-refractivity contribution in [3.63, 3.8) is 0 Å². The van der Waals surface area contributed by atoms with Crippen molar-refractivity contribution in [1.29, 1.82) is 0 Å². The van der Waals surface area contributed by atoms with Crippen LogP contribution in [0.4, 0.5) is 0 Å². The lowest BCUT2D eigenvalue weighted by Gasteiger charge is -2.14. The number of hydrogen-bond acceptors (Lipinski definition) is 0. The van der Waals surface area contributed by atoms with Crippen molar-refractivity contribution in [1.82, 2.24) is 0 Å². The third-order valence-electron chi connectivity index (χ3n) is 1.27. The first kappa shape index (κ1) is 8.56. The topological polar surface area (TPSA) is 0 Å². The first-order chi connectivity index (χ1) is 4.12. The normalized spacial score (nSPS) is 10.2. The summed E-state index contributed by atoms with van der Waals surface area (Å²) in [4.78, 5) is 0. The second kappa shape index (κ2) is 3.56. The molecule has 0 aromatic heterocycles. The highest BCUT2D eigenvalue weighted by Crippen LogP contribution is 2.19. The van der Waals surface area contributed by atoms with E-state index >= 15 is 0 Å². The Morgan fingerprint density at radius 3 is 2.33 bits per heavy atom. The second-order valence-electron chi connectivity index (χ2n) is 2.86. The van der Waals surface area contributed by atoms with Crippen LogP contribution in [0.15, 0.2) is 0 Å². The molecular weight excluding hydrogens is 108 g/mol. The molecule has 0 saturated carbocycles. The van der Waals surface area contributed by atoms with Gasteiger partial charge in [0.25, 0.3) is 0 Å². The van der Waals surface area contributed by atoms with E-state index in [4.69, 9.17) is 0 Å². The molecule has 0 nitrogen and oxygen atoms in total. The van der Waals surface area contributed by atoms with Crippen LogP contribution in [-0.4, -0.2) is 0 Å². The highest BCUT2D eigenvalue weighted by molar-refractivity contribution is 5.06. The van der Waals surface area contributed by atoms with Gasteiger partial charge in [0.2, 0.25) is 0 Å². The molecule has 0 aromatic rings. The van der Waals surface area contributed by atoms with Crippen LogP contribution < -0.4 is 0 Å². The van der Waals surface area contributed by atoms with Gasteiger partial charge in [0.15, 0.2) is 0 Å². The minimum atomic E-state index is 0.177. The summed E-state index contributed by atoms with van der Waals surface area (Å²) in [5.74, 6) is 6.05. The van der Waals surface area contributed by atoms with Crippen LogP contribution in [0.1, 0.15) is 33.6 Å². The number of rotatable bonds is 2. The lowest BCUT2D eigenvalue weighted by atomic mass is 9.89. The summed E-state index contributed by atoms with van der Waals surface area (Å²) in [6.45, 7) is 9.96. The minimum absolute atomic E-state index is 0.177. The fourth-order valence-electron chi connectivity index (χ4n) is 0.843. The molecule has 0 saturated heterocycles. The van der Waals surface area contributed by atoms with Crippen molar-refractivity contribution < 1.29 is 0 Å². The Kier molecular flexibility index (Phi) is 3.39. The van der Waals surface area contributed by atoms with Crippen LogP contribution in [0.5, 0.6) is 0 Å². The Balaban J connectivity index is 3.80. The van der Waals surface area contributed by atoms with Crippen LogP contribution in [0, 0.1) is 24.2 Å². The molecule has 0 aliphatic heterocycles. The van der Waals surface area contributed by atoms with Crippen molar-refractivity contribution in [2.45, 2.75) is 33.6 Å². The van der Waals surface area contributed by atoms with E-state index in [2.05, 4.69) is 32.6 Å². The quantitative estimate of drug-likeness (QED) is 0.495. The van der Waals surface area contributed by atoms with Gasteiger partial charge in [-0.1, -0.05) is 19.3 Å². The van der Waals surface area contributed by atoms with Crippen LogP contribution in [0.3, 0.4) is 0 Å². The highest BCUT2D eigenvalue weighted by atomic mass is 14.1. The molecule has 0 heterocycles. The third-order valence-corrected chi connectivity index (χ3v) is 1.27. The van der Waals surface area contributed by atoms with Gasteiger partial charge in [-0.2, -0.15) is 0 Å². The molecular formula is C9H15. The van der Waals surface area contributed by atoms with Crippen molar-refractivity contribution in [2.24, 2.45) is 5.41 Å². The molecule has 0 N–H and O–H groups in total. The fraction of sp³-hybridized carbons (Fsp3) is 0.667. The second-order valence-corrected chi connectivity index (χ2v) is 2.86. The Morgan fingerprint density at radius 2 is 2.00 bits per heavy atom. The van der Waals surface area contributed by atoms with E-state index in [0.717, 1.165) is 12.8 Å². The predicted molar refractivity (Wildman–Crippen MR) is 41.8 cm³/mol. The maximum atomic E-state index is 3.79. The SMILES string of the molecule is [CH2]CCC(C)(C)C#CC. The standard InChI is InChI=1S/C9H15/c1-5-7-9(3,4)8-6-2/h1,5,7H2,2-4H3. The average molecular weight is 123 g/mol. The first-order valence-electron chi connectivity index (χ1n) is 3.35. The average Bonchev–Trinajstić information content (AvgIpc) is 1.64. The van der Waals surface area contributed by atoms with Gasteiger partial charge < -0.3 is 0 Å². The molecule has 0 aromatic carbocycles. The third kappa shape index (κ3) is 4.09. The van der Waals surface area contributed by atoms with Gasteiger partial charge in [-0.05, 0) is 27.2 Å². The van der Waals surface area contributed by atoms with Crippen molar-refractivity contribution in [3.8, 4) is 11.8 Å². The maximum Gasteiger partial charge on any atom is 0.0258 e. The smallest absolute Gasteiger partial charge is 0.0258 e. The van der Waals surface area contributed by atoms with E-state index in [-0.39, 0.29) is 5.41 Å². The molecule has 9 heavy (non-hydrogen) atoms. The molecule has 51 valence electrons. The van der Waals surface area contributed by atoms with E-state index in [0.29, 0.717) is 0 Å². The summed E-state index contributed by atoms with van der Waals surface area (Å²) in [5, 5.41) is 0. The van der Waals surface area contributed by atoms with Crippen molar-refractivity contribution in [3.05, 3.63) is 6.92 Å². The lowest BCUT2D eigenvalue weighted by Crippen LogP contribution is -2.06. The van der Waals surface area contributed by atoms with Crippen LogP contribution in [0.2, 0.25) is 0 Å². The zero-order valence-corrected chi connectivity index (χ0v) is 6.62. The molecule has 0 heteroatoms. The minimum Gasteiger partial charge on any atom is -0.106 e. The predicted octanol–water partition coefficient (Wildman–Crippen LogP) is 2.65. The molecule has 0 spiro atoms. The molecule has 0 bridgehead atoms. The van der Waals surface area contributed by atoms with Gasteiger partial charge >= 0.3 is 0 Å². The van der Waals surface area contributed by atoms with E-state index in [1.54, 1.807) is 0 Å². The Bertz CT molecular complexity index is 121. The molecule has 0 aliphatic rings.